The molecule has 0 aliphatic heterocycles. The van der Waals surface area contributed by atoms with Crippen LogP contribution in [0.4, 0.5) is 18.9 Å². The van der Waals surface area contributed by atoms with Crippen molar-refractivity contribution in [2.24, 2.45) is 0 Å². The van der Waals surface area contributed by atoms with Gasteiger partial charge in [0, 0.05) is 0 Å². The molecule has 1 atom stereocenters. The zero-order valence-corrected chi connectivity index (χ0v) is 20.6. The highest BCUT2D eigenvalue weighted by molar-refractivity contribution is 7.92. The van der Waals surface area contributed by atoms with Crippen LogP contribution in [0.25, 0.3) is 0 Å². The molecule has 0 aliphatic carbocycles. The molecule has 0 saturated heterocycles. The van der Waals surface area contributed by atoms with Crippen LogP contribution < -0.4 is 9.62 Å². The largest absolute Gasteiger partial charge is 0.417 e. The van der Waals surface area contributed by atoms with Crippen molar-refractivity contribution in [3.05, 3.63) is 94.5 Å². The number of benzene rings is 3. The van der Waals surface area contributed by atoms with Crippen molar-refractivity contribution in [1.29, 1.82) is 0 Å². The number of anilines is 1. The Morgan fingerprint density at radius 3 is 2.23 bits per heavy atom. The van der Waals surface area contributed by atoms with Crippen LogP contribution in [-0.2, 0) is 21.0 Å². The third kappa shape index (κ3) is 6.35. The highest BCUT2D eigenvalue weighted by Crippen LogP contribution is 2.38. The number of alkyl halides is 3. The Morgan fingerprint density at radius 1 is 1.03 bits per heavy atom. The molecule has 0 heterocycles. The van der Waals surface area contributed by atoms with Gasteiger partial charge in [0.2, 0.25) is 5.91 Å². The van der Waals surface area contributed by atoms with E-state index < -0.39 is 45.3 Å². The fourth-order valence-corrected chi connectivity index (χ4v) is 5.15. The topological polar surface area (TPSA) is 66.5 Å². The van der Waals surface area contributed by atoms with Gasteiger partial charge in [0.1, 0.15) is 6.54 Å². The van der Waals surface area contributed by atoms with Crippen LogP contribution in [0.15, 0.2) is 77.7 Å². The van der Waals surface area contributed by atoms with E-state index in [1.165, 1.54) is 12.1 Å². The molecule has 0 radical (unpaired) electrons. The minimum atomic E-state index is -4.81. The Morgan fingerprint density at radius 2 is 1.66 bits per heavy atom. The summed E-state index contributed by atoms with van der Waals surface area (Å²) in [5, 5.41) is 2.20. The van der Waals surface area contributed by atoms with Crippen LogP contribution in [0, 0.1) is 6.92 Å². The van der Waals surface area contributed by atoms with Crippen molar-refractivity contribution in [3.8, 4) is 0 Å². The number of aryl methyl sites for hydroxylation is 1. The van der Waals surface area contributed by atoms with Gasteiger partial charge in [0.15, 0.2) is 0 Å². The fourth-order valence-electron chi connectivity index (χ4n) is 3.51. The first-order valence-electron chi connectivity index (χ1n) is 10.7. The van der Waals surface area contributed by atoms with E-state index in [1.54, 1.807) is 19.1 Å². The Hall–Kier alpha value is -3.04. The molecule has 5 nitrogen and oxygen atoms in total. The third-order valence-electron chi connectivity index (χ3n) is 5.38. The predicted octanol–water partition coefficient (Wildman–Crippen LogP) is 6.13. The van der Waals surface area contributed by atoms with Gasteiger partial charge in [-0.15, -0.1) is 0 Å². The monoisotopic (exact) mass is 524 g/mol. The summed E-state index contributed by atoms with van der Waals surface area (Å²) in [5.74, 6) is -0.667. The lowest BCUT2D eigenvalue weighted by Crippen LogP contribution is -2.42. The lowest BCUT2D eigenvalue weighted by atomic mass is 10.0. The molecule has 35 heavy (non-hydrogen) atoms. The summed E-state index contributed by atoms with van der Waals surface area (Å²) in [6, 6.07) is 17.3. The lowest BCUT2D eigenvalue weighted by Gasteiger charge is -2.26. The number of nitrogens with one attached hydrogen (secondary N) is 1. The Bertz CT molecular complexity index is 1280. The first-order valence-corrected chi connectivity index (χ1v) is 12.6. The normalized spacial score (nSPS) is 12.7. The smallest absolute Gasteiger partial charge is 0.348 e. The molecule has 0 aliphatic rings. The van der Waals surface area contributed by atoms with E-state index in [0.29, 0.717) is 16.8 Å². The van der Waals surface area contributed by atoms with Crippen molar-refractivity contribution >= 4 is 33.2 Å². The van der Waals surface area contributed by atoms with Crippen LogP contribution in [0.1, 0.15) is 36.1 Å². The SMILES string of the molecule is CCC(NC(=O)CN(c1ccc(Cl)c(C(F)(F)F)c1)S(=O)(=O)c1ccc(C)cc1)c1ccccc1. The van der Waals surface area contributed by atoms with Crippen LogP contribution in [0.3, 0.4) is 0 Å². The summed E-state index contributed by atoms with van der Waals surface area (Å²) in [6.45, 7) is 2.90. The van der Waals surface area contributed by atoms with Gasteiger partial charge >= 0.3 is 6.18 Å². The Balaban J connectivity index is 2.02. The van der Waals surface area contributed by atoms with Crippen LogP contribution >= 0.6 is 11.6 Å². The molecule has 0 bridgehead atoms. The maximum Gasteiger partial charge on any atom is 0.417 e. The fraction of sp³-hybridized carbons (Fsp3) is 0.240. The van der Waals surface area contributed by atoms with Crippen LogP contribution in [0.2, 0.25) is 5.02 Å². The molecule has 0 fully saturated rings. The number of halogens is 4. The zero-order valence-electron chi connectivity index (χ0n) is 19.0. The molecule has 186 valence electrons. The van der Waals surface area contributed by atoms with Gasteiger partial charge in [-0.25, -0.2) is 8.42 Å². The summed E-state index contributed by atoms with van der Waals surface area (Å²) in [5.41, 5.74) is 0.0944. The number of carbonyl (C=O) groups is 1. The van der Waals surface area contributed by atoms with E-state index in [4.69, 9.17) is 11.6 Å². The number of carbonyl (C=O) groups excluding carboxylic acids is 1. The number of nitrogens with zero attached hydrogens (tertiary/aromatic N) is 1. The zero-order chi connectivity index (χ0) is 25.8. The van der Waals surface area contributed by atoms with Gasteiger partial charge in [-0.3, -0.25) is 9.10 Å². The van der Waals surface area contributed by atoms with Gasteiger partial charge in [-0.2, -0.15) is 13.2 Å². The van der Waals surface area contributed by atoms with Gasteiger partial charge in [0.25, 0.3) is 10.0 Å². The molecule has 3 rings (SSSR count). The van der Waals surface area contributed by atoms with E-state index in [2.05, 4.69) is 5.32 Å². The van der Waals surface area contributed by atoms with Crippen LogP contribution in [-0.4, -0.2) is 20.9 Å². The summed E-state index contributed by atoms with van der Waals surface area (Å²) < 4.78 is 68.1. The second kappa shape index (κ2) is 10.7. The lowest BCUT2D eigenvalue weighted by molar-refractivity contribution is -0.137. The maximum atomic E-state index is 13.5. The molecule has 3 aromatic rings. The maximum absolute atomic E-state index is 13.5. The molecule has 1 amide bonds. The van der Waals surface area contributed by atoms with E-state index >= 15 is 0 Å². The van der Waals surface area contributed by atoms with Crippen molar-refractivity contribution < 1.29 is 26.4 Å². The van der Waals surface area contributed by atoms with E-state index in [1.807, 2.05) is 37.3 Å². The van der Waals surface area contributed by atoms with Gasteiger partial charge in [-0.05, 0) is 49.2 Å². The van der Waals surface area contributed by atoms with E-state index in [9.17, 15) is 26.4 Å². The summed E-state index contributed by atoms with van der Waals surface area (Å²) in [4.78, 5) is 12.8. The first-order chi connectivity index (χ1) is 16.4. The van der Waals surface area contributed by atoms with Crippen molar-refractivity contribution in [3.63, 3.8) is 0 Å². The predicted molar refractivity (Wildman–Crippen MR) is 130 cm³/mol. The molecule has 0 saturated carbocycles. The number of rotatable bonds is 8. The van der Waals surface area contributed by atoms with Crippen LogP contribution in [0.5, 0.6) is 0 Å². The molecule has 0 aromatic heterocycles. The number of hydrogen-bond donors (Lipinski definition) is 1. The molecule has 3 aromatic carbocycles. The average molecular weight is 525 g/mol. The second-order valence-electron chi connectivity index (χ2n) is 7.93. The van der Waals surface area contributed by atoms with Crippen molar-refractivity contribution in [2.45, 2.75) is 37.4 Å². The van der Waals surface area contributed by atoms with Crippen molar-refractivity contribution in [2.75, 3.05) is 10.8 Å². The molecule has 1 N–H and O–H groups in total. The minimum absolute atomic E-state index is 0.158. The Kier molecular flexibility index (Phi) is 8.12. The highest BCUT2D eigenvalue weighted by atomic mass is 35.5. The van der Waals surface area contributed by atoms with Gasteiger partial charge < -0.3 is 5.32 Å². The first kappa shape index (κ1) is 26.6. The molecule has 0 spiro atoms. The Labute approximate surface area is 207 Å². The minimum Gasteiger partial charge on any atom is -0.348 e. The van der Waals surface area contributed by atoms with Gasteiger partial charge in [-0.1, -0.05) is 66.6 Å². The number of amides is 1. The van der Waals surface area contributed by atoms with E-state index in [-0.39, 0.29) is 10.6 Å². The summed E-state index contributed by atoms with van der Waals surface area (Å²) in [7, 11) is -4.39. The summed E-state index contributed by atoms with van der Waals surface area (Å²) in [6.07, 6.45) is -4.28. The average Bonchev–Trinajstić information content (AvgIpc) is 2.81. The van der Waals surface area contributed by atoms with Gasteiger partial charge in [0.05, 0.1) is 27.2 Å². The summed E-state index contributed by atoms with van der Waals surface area (Å²) >= 11 is 5.73. The second-order valence-corrected chi connectivity index (χ2v) is 10.2. The standard InChI is InChI=1S/C25H24ClF3N2O3S/c1-3-23(18-7-5-4-6-8-18)30-24(32)16-31(35(33,34)20-12-9-17(2)10-13-20)19-11-14-22(26)21(15-19)25(27,28)29/h4-15,23H,3,16H2,1-2H3,(H,30,32). The highest BCUT2D eigenvalue weighted by Gasteiger charge is 2.35. The molecular formula is C25H24ClF3N2O3S. The third-order valence-corrected chi connectivity index (χ3v) is 7.50. The molecular weight excluding hydrogens is 501 g/mol. The van der Waals surface area contributed by atoms with E-state index in [0.717, 1.165) is 23.3 Å². The number of hydrogen-bond acceptors (Lipinski definition) is 3. The molecule has 10 heteroatoms. The quantitative estimate of drug-likeness (QED) is 0.385. The van der Waals surface area contributed by atoms with Crippen molar-refractivity contribution in [1.82, 2.24) is 5.32 Å². The number of sulfonamides is 1. The molecule has 1 unspecified atom stereocenters.